The summed E-state index contributed by atoms with van der Waals surface area (Å²) in [5.41, 5.74) is 5.87. The fourth-order valence-electron chi connectivity index (χ4n) is 5.18. The molecular weight excluding hydrogens is 564 g/mol. The van der Waals surface area contributed by atoms with Gasteiger partial charge in [0.25, 0.3) is 0 Å². The minimum absolute atomic E-state index is 0.459. The quantitative estimate of drug-likeness (QED) is 0.215. The maximum Gasteiger partial charge on any atom is 0.172 e. The Balaban J connectivity index is 1.24. The Kier molecular flexibility index (Phi) is 8.40. The molecule has 1 saturated heterocycles. The molecule has 42 heavy (non-hydrogen) atoms. The highest BCUT2D eigenvalue weighted by molar-refractivity contribution is 7.99. The zero-order valence-electron chi connectivity index (χ0n) is 23.6. The summed E-state index contributed by atoms with van der Waals surface area (Å²) in [7, 11) is 1.95. The van der Waals surface area contributed by atoms with Crippen molar-refractivity contribution in [3.8, 4) is 17.3 Å². The predicted molar refractivity (Wildman–Crippen MR) is 169 cm³/mol. The Bertz CT molecular complexity index is 1770. The van der Waals surface area contributed by atoms with Gasteiger partial charge in [0.1, 0.15) is 6.07 Å². The molecule has 0 saturated carbocycles. The van der Waals surface area contributed by atoms with Gasteiger partial charge in [-0.15, -0.1) is 0 Å². The number of nitrogens with zero attached hydrogens (tertiary/aromatic N) is 7. The third-order valence-electron chi connectivity index (χ3n) is 7.61. The molecule has 1 aliphatic rings. The highest BCUT2D eigenvalue weighted by Gasteiger charge is 2.17. The maximum atomic E-state index is 9.87. The van der Waals surface area contributed by atoms with Crippen molar-refractivity contribution in [3.05, 3.63) is 89.5 Å². The van der Waals surface area contributed by atoms with Crippen LogP contribution in [0.15, 0.2) is 83.4 Å². The Morgan fingerprint density at radius 2 is 1.81 bits per heavy atom. The van der Waals surface area contributed by atoms with E-state index in [9.17, 15) is 5.26 Å². The van der Waals surface area contributed by atoms with Gasteiger partial charge in [-0.25, -0.2) is 4.98 Å². The summed E-state index contributed by atoms with van der Waals surface area (Å²) >= 11 is 8.15. The van der Waals surface area contributed by atoms with E-state index in [0.717, 1.165) is 77.2 Å². The van der Waals surface area contributed by atoms with Crippen molar-refractivity contribution in [1.29, 1.82) is 5.26 Å². The minimum Gasteiger partial charge on any atom is -0.354 e. The zero-order valence-corrected chi connectivity index (χ0v) is 25.2. The SMILES string of the molecule is CCN1CCN(Cc2ccnc(-c3ccc4c(Nc5ccc(Sc6nccn6C)c(Cl)c5)c(C#N)cnc4c3)c2)CC1. The number of piperazine rings is 1. The van der Waals surface area contributed by atoms with Gasteiger partial charge >= 0.3 is 0 Å². The third-order valence-corrected chi connectivity index (χ3v) is 9.18. The number of anilines is 2. The molecule has 0 unspecified atom stereocenters. The monoisotopic (exact) mass is 594 g/mol. The van der Waals surface area contributed by atoms with Gasteiger partial charge in [0, 0.05) is 86.1 Å². The van der Waals surface area contributed by atoms with E-state index >= 15 is 0 Å². The fourth-order valence-corrected chi connectivity index (χ4v) is 6.28. The Labute approximate surface area is 255 Å². The summed E-state index contributed by atoms with van der Waals surface area (Å²) in [6.45, 7) is 8.65. The Hall–Kier alpha value is -3.94. The Morgan fingerprint density at radius 1 is 0.976 bits per heavy atom. The van der Waals surface area contributed by atoms with Crippen LogP contribution < -0.4 is 5.32 Å². The lowest BCUT2D eigenvalue weighted by Crippen LogP contribution is -2.45. The number of hydrogen-bond donors (Lipinski definition) is 1. The van der Waals surface area contributed by atoms with Gasteiger partial charge in [-0.2, -0.15) is 5.26 Å². The standard InChI is InChI=1S/C32H31ClN8S/c1-3-40-12-14-41(15-13-40)21-22-8-9-35-28(16-22)23-4-6-26-29(17-23)37-20-24(19-34)31(26)38-25-5-7-30(27(33)18-25)42-32-36-10-11-39(32)2/h4-11,16-18,20H,3,12-15,21H2,1-2H3,(H,37,38). The smallest absolute Gasteiger partial charge is 0.172 e. The lowest BCUT2D eigenvalue weighted by molar-refractivity contribution is 0.132. The van der Waals surface area contributed by atoms with Crippen molar-refractivity contribution in [3.63, 3.8) is 0 Å². The average molecular weight is 595 g/mol. The van der Waals surface area contributed by atoms with Crippen LogP contribution >= 0.6 is 23.4 Å². The average Bonchev–Trinajstić information content (AvgIpc) is 3.42. The van der Waals surface area contributed by atoms with Crippen LogP contribution in [0, 0.1) is 11.3 Å². The molecule has 1 N–H and O–H groups in total. The van der Waals surface area contributed by atoms with Crippen molar-refractivity contribution >= 4 is 45.6 Å². The highest BCUT2D eigenvalue weighted by atomic mass is 35.5. The summed E-state index contributed by atoms with van der Waals surface area (Å²) < 4.78 is 1.95. The van der Waals surface area contributed by atoms with E-state index < -0.39 is 0 Å². The topological polar surface area (TPSA) is 85.9 Å². The molecule has 1 fully saturated rings. The van der Waals surface area contributed by atoms with Gasteiger partial charge < -0.3 is 14.8 Å². The molecule has 1 aliphatic heterocycles. The van der Waals surface area contributed by atoms with E-state index in [1.54, 1.807) is 12.4 Å². The number of imidazole rings is 1. The van der Waals surface area contributed by atoms with Gasteiger partial charge in [-0.05, 0) is 54.6 Å². The summed E-state index contributed by atoms with van der Waals surface area (Å²) in [5, 5.41) is 15.6. The summed E-state index contributed by atoms with van der Waals surface area (Å²) in [6.07, 6.45) is 7.16. The third kappa shape index (κ3) is 6.13. The van der Waals surface area contributed by atoms with Gasteiger partial charge in [0.15, 0.2) is 5.16 Å². The second-order valence-electron chi connectivity index (χ2n) is 10.3. The molecule has 2 aromatic carbocycles. The van der Waals surface area contributed by atoms with E-state index in [-0.39, 0.29) is 0 Å². The number of nitrogens with one attached hydrogen (secondary N) is 1. The molecule has 5 aromatic rings. The van der Waals surface area contributed by atoms with Crippen LogP contribution in [0.2, 0.25) is 5.02 Å². The number of rotatable bonds is 8. The van der Waals surface area contributed by atoms with E-state index in [4.69, 9.17) is 11.6 Å². The van der Waals surface area contributed by atoms with Crippen molar-refractivity contribution in [2.24, 2.45) is 7.05 Å². The number of halogens is 1. The molecule has 0 radical (unpaired) electrons. The second-order valence-corrected chi connectivity index (χ2v) is 11.8. The number of nitriles is 1. The minimum atomic E-state index is 0.459. The number of aromatic nitrogens is 4. The van der Waals surface area contributed by atoms with Gasteiger partial charge in [0.05, 0.1) is 27.5 Å². The first-order valence-electron chi connectivity index (χ1n) is 14.0. The van der Waals surface area contributed by atoms with Crippen LogP contribution in [-0.4, -0.2) is 62.0 Å². The molecule has 3 aromatic heterocycles. The molecule has 0 atom stereocenters. The normalized spacial score (nSPS) is 14.2. The van der Waals surface area contributed by atoms with Crippen LogP contribution in [0.25, 0.3) is 22.2 Å². The first kappa shape index (κ1) is 28.2. The molecular formula is C32H31ClN8S. The van der Waals surface area contributed by atoms with Crippen molar-refractivity contribution in [1.82, 2.24) is 29.3 Å². The summed E-state index contributed by atoms with van der Waals surface area (Å²) in [5.74, 6) is 0. The molecule has 8 nitrogen and oxygen atoms in total. The van der Waals surface area contributed by atoms with Crippen LogP contribution in [-0.2, 0) is 13.6 Å². The number of benzene rings is 2. The second kappa shape index (κ2) is 12.5. The van der Waals surface area contributed by atoms with Crippen molar-refractivity contribution < 1.29 is 0 Å². The molecule has 6 rings (SSSR count). The molecule has 0 amide bonds. The van der Waals surface area contributed by atoms with Crippen molar-refractivity contribution in [2.75, 3.05) is 38.0 Å². The number of aryl methyl sites for hydroxylation is 1. The molecule has 0 spiro atoms. The first-order valence-corrected chi connectivity index (χ1v) is 15.1. The molecule has 10 heteroatoms. The highest BCUT2D eigenvalue weighted by Crippen LogP contribution is 2.36. The van der Waals surface area contributed by atoms with Crippen LogP contribution in [0.4, 0.5) is 11.4 Å². The van der Waals surface area contributed by atoms with E-state index in [1.165, 1.54) is 17.3 Å². The largest absolute Gasteiger partial charge is 0.354 e. The van der Waals surface area contributed by atoms with E-state index in [1.807, 2.05) is 60.4 Å². The van der Waals surface area contributed by atoms with Crippen molar-refractivity contribution in [2.45, 2.75) is 23.5 Å². The van der Waals surface area contributed by atoms with Crippen LogP contribution in [0.3, 0.4) is 0 Å². The fraction of sp³-hybridized carbons (Fsp3) is 0.250. The lowest BCUT2D eigenvalue weighted by Gasteiger charge is -2.34. The van der Waals surface area contributed by atoms with Crippen LogP contribution in [0.5, 0.6) is 0 Å². The lowest BCUT2D eigenvalue weighted by atomic mass is 10.0. The van der Waals surface area contributed by atoms with Gasteiger partial charge in [-0.1, -0.05) is 36.4 Å². The zero-order chi connectivity index (χ0) is 29.1. The van der Waals surface area contributed by atoms with E-state index in [2.05, 4.69) is 55.2 Å². The number of fused-ring (bicyclic) bond motifs is 1. The molecule has 212 valence electrons. The number of likely N-dealkylation sites (N-methyl/N-ethyl adjacent to an activating group) is 1. The maximum absolute atomic E-state index is 9.87. The van der Waals surface area contributed by atoms with Crippen LogP contribution in [0.1, 0.15) is 18.1 Å². The summed E-state index contributed by atoms with van der Waals surface area (Å²) in [4.78, 5) is 19.5. The Morgan fingerprint density at radius 3 is 2.55 bits per heavy atom. The number of hydrogen-bond acceptors (Lipinski definition) is 8. The summed E-state index contributed by atoms with van der Waals surface area (Å²) in [6, 6.07) is 18.4. The number of pyridine rings is 2. The molecule has 0 aliphatic carbocycles. The predicted octanol–water partition coefficient (Wildman–Crippen LogP) is 6.59. The molecule has 4 heterocycles. The van der Waals surface area contributed by atoms with Gasteiger partial charge in [-0.3, -0.25) is 14.9 Å². The first-order chi connectivity index (χ1) is 20.5. The van der Waals surface area contributed by atoms with Gasteiger partial charge in [0.2, 0.25) is 0 Å². The van der Waals surface area contributed by atoms with E-state index in [0.29, 0.717) is 16.3 Å². The molecule has 0 bridgehead atoms.